The molecule has 0 radical (unpaired) electrons. The second-order valence-corrected chi connectivity index (χ2v) is 7.35. The Morgan fingerprint density at radius 2 is 1.83 bits per heavy atom. The lowest BCUT2D eigenvalue weighted by molar-refractivity contribution is 0.0601. The number of benzene rings is 1. The fourth-order valence-electron chi connectivity index (χ4n) is 3.11. The third-order valence-corrected chi connectivity index (χ3v) is 5.74. The monoisotopic (exact) mass is 343 g/mol. The Morgan fingerprint density at radius 3 is 2.54 bits per heavy atom. The minimum Gasteiger partial charge on any atom is -0.465 e. The predicted octanol–water partition coefficient (Wildman–Crippen LogP) is 4.28. The molecule has 0 aliphatic heterocycles. The molecule has 0 fully saturated rings. The topological polar surface area (TPSA) is 55.4 Å². The largest absolute Gasteiger partial charge is 0.465 e. The molecule has 4 nitrogen and oxygen atoms in total. The van der Waals surface area contributed by atoms with E-state index in [1.54, 1.807) is 0 Å². The maximum absolute atomic E-state index is 12.6. The number of ether oxygens (including phenoxy) is 1. The molecule has 2 aromatic rings. The fourth-order valence-corrected chi connectivity index (χ4v) is 4.16. The summed E-state index contributed by atoms with van der Waals surface area (Å²) < 4.78 is 4.85. The third kappa shape index (κ3) is 3.08. The van der Waals surface area contributed by atoms with Crippen LogP contribution in [-0.2, 0) is 17.6 Å². The van der Waals surface area contributed by atoms with Crippen LogP contribution in [0.1, 0.15) is 55.1 Å². The van der Waals surface area contributed by atoms with Crippen LogP contribution in [0.5, 0.6) is 0 Å². The van der Waals surface area contributed by atoms with Crippen LogP contribution < -0.4 is 5.32 Å². The van der Waals surface area contributed by atoms with Crippen LogP contribution in [0.3, 0.4) is 0 Å². The molecule has 0 bridgehead atoms. The molecule has 3 rings (SSSR count). The minimum absolute atomic E-state index is 0.185. The van der Waals surface area contributed by atoms with Gasteiger partial charge in [-0.2, -0.15) is 0 Å². The summed E-state index contributed by atoms with van der Waals surface area (Å²) in [5.74, 6) is -0.604. The van der Waals surface area contributed by atoms with Gasteiger partial charge in [0.15, 0.2) is 0 Å². The zero-order chi connectivity index (χ0) is 17.3. The molecule has 24 heavy (non-hydrogen) atoms. The lowest BCUT2D eigenvalue weighted by atomic mass is 9.90. The van der Waals surface area contributed by atoms with Crippen molar-refractivity contribution in [2.24, 2.45) is 0 Å². The second-order valence-electron chi connectivity index (χ2n) is 6.12. The fraction of sp³-hybridized carbons (Fsp3) is 0.368. The van der Waals surface area contributed by atoms with E-state index in [-0.39, 0.29) is 5.91 Å². The quantitative estimate of drug-likeness (QED) is 0.846. The number of esters is 1. The average molecular weight is 343 g/mol. The van der Waals surface area contributed by atoms with Crippen molar-refractivity contribution >= 4 is 28.2 Å². The number of carbonyl (C=O) groups is 2. The van der Waals surface area contributed by atoms with Crippen LogP contribution in [-0.4, -0.2) is 19.0 Å². The Kier molecular flexibility index (Phi) is 4.71. The standard InChI is InChI=1S/C19H21NO3S/c1-11-12(2)24-18(16(11)19(22)23-3)20-17(21)15-9-8-13-6-4-5-7-14(13)10-15/h8-10H,4-7H2,1-3H3,(H,20,21). The van der Waals surface area contributed by atoms with Crippen molar-refractivity contribution in [2.75, 3.05) is 12.4 Å². The van der Waals surface area contributed by atoms with Crippen molar-refractivity contribution in [1.82, 2.24) is 0 Å². The molecule has 1 amide bonds. The highest BCUT2D eigenvalue weighted by atomic mass is 32.1. The average Bonchev–Trinajstić information content (AvgIpc) is 2.87. The predicted molar refractivity (Wildman–Crippen MR) is 96.2 cm³/mol. The van der Waals surface area contributed by atoms with E-state index in [4.69, 9.17) is 4.74 Å². The number of amides is 1. The highest BCUT2D eigenvalue weighted by Gasteiger charge is 2.22. The molecular formula is C19H21NO3S. The van der Waals surface area contributed by atoms with Gasteiger partial charge in [-0.25, -0.2) is 4.79 Å². The molecule has 1 aliphatic rings. The van der Waals surface area contributed by atoms with Crippen molar-refractivity contribution in [3.63, 3.8) is 0 Å². The van der Waals surface area contributed by atoms with Crippen molar-refractivity contribution < 1.29 is 14.3 Å². The highest BCUT2D eigenvalue weighted by Crippen LogP contribution is 2.33. The van der Waals surface area contributed by atoms with Gasteiger partial charge >= 0.3 is 5.97 Å². The van der Waals surface area contributed by atoms with E-state index in [1.165, 1.54) is 42.4 Å². The molecule has 1 N–H and O–H groups in total. The van der Waals surface area contributed by atoms with Gasteiger partial charge in [0, 0.05) is 10.4 Å². The van der Waals surface area contributed by atoms with Gasteiger partial charge in [-0.1, -0.05) is 6.07 Å². The second kappa shape index (κ2) is 6.77. The molecular weight excluding hydrogens is 322 g/mol. The summed E-state index contributed by atoms with van der Waals surface area (Å²) >= 11 is 1.40. The van der Waals surface area contributed by atoms with E-state index in [2.05, 4.69) is 11.4 Å². The van der Waals surface area contributed by atoms with Crippen LogP contribution in [0.2, 0.25) is 0 Å². The summed E-state index contributed by atoms with van der Waals surface area (Å²) in [5, 5.41) is 3.44. The number of anilines is 1. The van der Waals surface area contributed by atoms with Crippen molar-refractivity contribution in [2.45, 2.75) is 39.5 Å². The third-order valence-electron chi connectivity index (χ3n) is 4.61. The van der Waals surface area contributed by atoms with E-state index in [0.717, 1.165) is 23.3 Å². The van der Waals surface area contributed by atoms with E-state index < -0.39 is 5.97 Å². The number of fused-ring (bicyclic) bond motifs is 1. The first kappa shape index (κ1) is 16.7. The van der Waals surface area contributed by atoms with E-state index in [9.17, 15) is 9.59 Å². The van der Waals surface area contributed by atoms with Gasteiger partial charge in [-0.3, -0.25) is 4.79 Å². The van der Waals surface area contributed by atoms with Crippen LogP contribution in [0, 0.1) is 13.8 Å². The number of methoxy groups -OCH3 is 1. The number of hydrogen-bond donors (Lipinski definition) is 1. The molecule has 0 saturated heterocycles. The SMILES string of the molecule is COC(=O)c1c(NC(=O)c2ccc3c(c2)CCCC3)sc(C)c1C. The van der Waals surface area contributed by atoms with Crippen LogP contribution in [0.4, 0.5) is 5.00 Å². The Balaban J connectivity index is 1.88. The Labute approximate surface area is 145 Å². The normalized spacial score (nSPS) is 13.3. The number of thiophene rings is 1. The van der Waals surface area contributed by atoms with Crippen molar-refractivity contribution in [1.29, 1.82) is 0 Å². The maximum atomic E-state index is 12.6. The van der Waals surface area contributed by atoms with E-state index >= 15 is 0 Å². The maximum Gasteiger partial charge on any atom is 0.341 e. The van der Waals surface area contributed by atoms with Gasteiger partial charge in [0.1, 0.15) is 5.00 Å². The lowest BCUT2D eigenvalue weighted by Gasteiger charge is -2.16. The number of aryl methyl sites for hydroxylation is 3. The first-order valence-corrected chi connectivity index (χ1v) is 8.94. The zero-order valence-electron chi connectivity index (χ0n) is 14.2. The molecule has 126 valence electrons. The molecule has 0 unspecified atom stereocenters. The zero-order valence-corrected chi connectivity index (χ0v) is 15.0. The number of carbonyl (C=O) groups excluding carboxylic acids is 2. The van der Waals surface area contributed by atoms with Crippen LogP contribution in [0.15, 0.2) is 18.2 Å². The van der Waals surface area contributed by atoms with Crippen molar-refractivity contribution in [3.05, 3.63) is 50.9 Å². The highest BCUT2D eigenvalue weighted by molar-refractivity contribution is 7.16. The lowest BCUT2D eigenvalue weighted by Crippen LogP contribution is -2.15. The Bertz CT molecular complexity index is 807. The Morgan fingerprint density at radius 1 is 1.12 bits per heavy atom. The molecule has 0 atom stereocenters. The summed E-state index contributed by atoms with van der Waals surface area (Å²) in [7, 11) is 1.35. The minimum atomic E-state index is -0.419. The van der Waals surface area contributed by atoms with Crippen LogP contribution >= 0.6 is 11.3 Å². The molecule has 1 aliphatic carbocycles. The molecule has 0 spiro atoms. The smallest absolute Gasteiger partial charge is 0.341 e. The summed E-state index contributed by atoms with van der Waals surface area (Å²) in [6, 6.07) is 5.90. The molecule has 1 aromatic carbocycles. The van der Waals surface area contributed by atoms with E-state index in [1.807, 2.05) is 26.0 Å². The van der Waals surface area contributed by atoms with Crippen molar-refractivity contribution in [3.8, 4) is 0 Å². The number of rotatable bonds is 3. The molecule has 5 heteroatoms. The molecule has 1 aromatic heterocycles. The number of nitrogens with one attached hydrogen (secondary N) is 1. The first-order chi connectivity index (χ1) is 11.5. The number of hydrogen-bond acceptors (Lipinski definition) is 4. The first-order valence-electron chi connectivity index (χ1n) is 8.12. The molecule has 0 saturated carbocycles. The van der Waals surface area contributed by atoms with Gasteiger partial charge in [0.05, 0.1) is 12.7 Å². The summed E-state index contributed by atoms with van der Waals surface area (Å²) in [4.78, 5) is 25.6. The Hall–Kier alpha value is -2.14. The summed E-state index contributed by atoms with van der Waals surface area (Å²) in [5.41, 5.74) is 4.55. The van der Waals surface area contributed by atoms with Gasteiger partial charge in [0.25, 0.3) is 5.91 Å². The van der Waals surface area contributed by atoms with Crippen LogP contribution in [0.25, 0.3) is 0 Å². The van der Waals surface area contributed by atoms with Gasteiger partial charge < -0.3 is 10.1 Å². The van der Waals surface area contributed by atoms with Gasteiger partial charge in [0.2, 0.25) is 0 Å². The summed E-state index contributed by atoms with van der Waals surface area (Å²) in [6.07, 6.45) is 4.51. The molecule has 1 heterocycles. The van der Waals surface area contributed by atoms with Gasteiger partial charge in [-0.15, -0.1) is 11.3 Å². The van der Waals surface area contributed by atoms with E-state index in [0.29, 0.717) is 16.1 Å². The summed E-state index contributed by atoms with van der Waals surface area (Å²) in [6.45, 7) is 3.80. The van der Waals surface area contributed by atoms with Gasteiger partial charge in [-0.05, 0) is 68.4 Å².